The Morgan fingerprint density at radius 2 is 2.21 bits per heavy atom. The van der Waals surface area contributed by atoms with Gasteiger partial charge < -0.3 is 4.90 Å². The highest BCUT2D eigenvalue weighted by Gasteiger charge is 2.28. The third-order valence-corrected chi connectivity index (χ3v) is 4.76. The fourth-order valence-corrected chi connectivity index (χ4v) is 3.55. The number of rotatable bonds is 2. The van der Waals surface area contributed by atoms with Crippen LogP contribution in [0.3, 0.4) is 0 Å². The minimum Gasteiger partial charge on any atom is -0.338 e. The average molecular weight is 292 g/mol. The molecule has 1 unspecified atom stereocenters. The summed E-state index contributed by atoms with van der Waals surface area (Å²) in [7, 11) is 0. The number of hydrogen-bond donors (Lipinski definition) is 0. The Morgan fingerprint density at radius 3 is 2.95 bits per heavy atom. The molecule has 19 heavy (non-hydrogen) atoms. The summed E-state index contributed by atoms with van der Waals surface area (Å²) < 4.78 is 0. The van der Waals surface area contributed by atoms with Crippen molar-refractivity contribution in [1.82, 2.24) is 4.90 Å². The van der Waals surface area contributed by atoms with Crippen molar-refractivity contribution in [1.29, 1.82) is 0 Å². The predicted octanol–water partition coefficient (Wildman–Crippen LogP) is 4.03. The molecule has 1 aliphatic heterocycles. The summed E-state index contributed by atoms with van der Waals surface area (Å²) >= 11 is 7.71. The zero-order valence-electron chi connectivity index (χ0n) is 10.4. The molecular formula is C15H14ClNOS. The molecule has 3 rings (SSSR count). The number of likely N-dealkylation sites (tertiary alicyclic amines) is 1. The number of amides is 1. The molecule has 2 aromatic rings. The molecule has 0 aliphatic carbocycles. The van der Waals surface area contributed by atoms with Gasteiger partial charge in [-0.15, -0.1) is 11.3 Å². The van der Waals surface area contributed by atoms with Crippen LogP contribution in [0, 0.1) is 0 Å². The fourth-order valence-electron chi connectivity index (χ4n) is 2.50. The number of halogens is 1. The Morgan fingerprint density at radius 1 is 1.32 bits per heavy atom. The second-order valence-electron chi connectivity index (χ2n) is 4.76. The summed E-state index contributed by atoms with van der Waals surface area (Å²) in [6.45, 7) is 1.64. The molecule has 0 spiro atoms. The molecule has 0 N–H and O–H groups in total. The summed E-state index contributed by atoms with van der Waals surface area (Å²) in [4.78, 5) is 15.7. The lowest BCUT2D eigenvalue weighted by molar-refractivity contribution is 0.0791. The number of carbonyl (C=O) groups excluding carboxylic acids is 1. The van der Waals surface area contributed by atoms with Crippen LogP contribution in [-0.2, 0) is 0 Å². The predicted molar refractivity (Wildman–Crippen MR) is 79.0 cm³/mol. The van der Waals surface area contributed by atoms with Crippen LogP contribution in [-0.4, -0.2) is 23.9 Å². The van der Waals surface area contributed by atoms with Crippen LogP contribution in [0.2, 0.25) is 5.02 Å². The lowest BCUT2D eigenvalue weighted by Crippen LogP contribution is -2.28. The highest BCUT2D eigenvalue weighted by molar-refractivity contribution is 7.10. The Labute approximate surface area is 121 Å². The van der Waals surface area contributed by atoms with E-state index in [0.717, 1.165) is 19.5 Å². The van der Waals surface area contributed by atoms with Crippen LogP contribution < -0.4 is 0 Å². The van der Waals surface area contributed by atoms with Crippen molar-refractivity contribution in [3.63, 3.8) is 0 Å². The van der Waals surface area contributed by atoms with Crippen molar-refractivity contribution in [2.75, 3.05) is 13.1 Å². The van der Waals surface area contributed by atoms with E-state index in [0.29, 0.717) is 16.5 Å². The first-order valence-corrected chi connectivity index (χ1v) is 7.58. The topological polar surface area (TPSA) is 20.3 Å². The normalized spacial score (nSPS) is 18.8. The summed E-state index contributed by atoms with van der Waals surface area (Å²) in [6.07, 6.45) is 1.05. The molecule has 2 nitrogen and oxygen atoms in total. The quantitative estimate of drug-likeness (QED) is 0.818. The Bertz CT molecular complexity index is 582. The van der Waals surface area contributed by atoms with E-state index in [2.05, 4.69) is 17.5 Å². The van der Waals surface area contributed by atoms with E-state index in [1.54, 1.807) is 23.5 Å². The van der Waals surface area contributed by atoms with Gasteiger partial charge in [0.2, 0.25) is 0 Å². The maximum absolute atomic E-state index is 12.4. The Balaban J connectivity index is 1.73. The van der Waals surface area contributed by atoms with Gasteiger partial charge in [-0.05, 0) is 36.1 Å². The molecule has 98 valence electrons. The molecule has 1 aliphatic rings. The van der Waals surface area contributed by atoms with Crippen molar-refractivity contribution < 1.29 is 4.79 Å². The zero-order valence-corrected chi connectivity index (χ0v) is 12.0. The van der Waals surface area contributed by atoms with Crippen LogP contribution in [0.5, 0.6) is 0 Å². The molecular weight excluding hydrogens is 278 g/mol. The van der Waals surface area contributed by atoms with Crippen molar-refractivity contribution in [2.45, 2.75) is 12.3 Å². The smallest absolute Gasteiger partial charge is 0.253 e. The lowest BCUT2D eigenvalue weighted by atomic mass is 10.1. The van der Waals surface area contributed by atoms with Gasteiger partial charge >= 0.3 is 0 Å². The van der Waals surface area contributed by atoms with Crippen LogP contribution in [0.4, 0.5) is 0 Å². The summed E-state index contributed by atoms with van der Waals surface area (Å²) in [5, 5.41) is 2.71. The Kier molecular flexibility index (Phi) is 3.58. The molecule has 0 bridgehead atoms. The van der Waals surface area contributed by atoms with Crippen LogP contribution in [0.25, 0.3) is 0 Å². The van der Waals surface area contributed by atoms with E-state index >= 15 is 0 Å². The number of hydrogen-bond acceptors (Lipinski definition) is 2. The monoisotopic (exact) mass is 291 g/mol. The van der Waals surface area contributed by atoms with Gasteiger partial charge in [-0.2, -0.15) is 0 Å². The molecule has 4 heteroatoms. The van der Waals surface area contributed by atoms with Crippen molar-refractivity contribution in [3.8, 4) is 0 Å². The Hall–Kier alpha value is -1.32. The number of thiophene rings is 1. The van der Waals surface area contributed by atoms with E-state index in [9.17, 15) is 4.79 Å². The molecule has 1 fully saturated rings. The van der Waals surface area contributed by atoms with E-state index in [1.807, 2.05) is 17.0 Å². The minimum atomic E-state index is 0.0848. The first-order chi connectivity index (χ1) is 9.24. The third kappa shape index (κ3) is 2.67. The third-order valence-electron chi connectivity index (χ3n) is 3.49. The summed E-state index contributed by atoms with van der Waals surface area (Å²) in [5.74, 6) is 0.574. The fraction of sp³-hybridized carbons (Fsp3) is 0.267. The first kappa shape index (κ1) is 12.7. The molecule has 1 aromatic heterocycles. The van der Waals surface area contributed by atoms with Crippen molar-refractivity contribution >= 4 is 28.8 Å². The number of nitrogens with zero attached hydrogens (tertiary/aromatic N) is 1. The van der Waals surface area contributed by atoms with Crippen LogP contribution in [0.1, 0.15) is 27.6 Å². The van der Waals surface area contributed by atoms with Gasteiger partial charge in [0.25, 0.3) is 5.91 Å². The van der Waals surface area contributed by atoms with Gasteiger partial charge in [-0.25, -0.2) is 0 Å². The standard InChI is InChI=1S/C15H14ClNOS/c16-13-4-1-3-11(9-13)15(18)17-7-6-12(10-17)14-5-2-8-19-14/h1-5,8-9,12H,6-7,10H2. The lowest BCUT2D eigenvalue weighted by Gasteiger charge is -2.16. The van der Waals surface area contributed by atoms with Gasteiger partial charge in [0.1, 0.15) is 0 Å². The summed E-state index contributed by atoms with van der Waals surface area (Å²) in [6, 6.07) is 11.4. The first-order valence-electron chi connectivity index (χ1n) is 6.32. The molecule has 1 atom stereocenters. The average Bonchev–Trinajstić information content (AvgIpc) is 3.08. The van der Waals surface area contributed by atoms with Crippen LogP contribution >= 0.6 is 22.9 Å². The van der Waals surface area contributed by atoms with Crippen LogP contribution in [0.15, 0.2) is 41.8 Å². The van der Waals surface area contributed by atoms with Gasteiger partial charge in [0, 0.05) is 34.5 Å². The maximum Gasteiger partial charge on any atom is 0.253 e. The van der Waals surface area contributed by atoms with E-state index < -0.39 is 0 Å². The van der Waals surface area contributed by atoms with Crippen molar-refractivity contribution in [3.05, 3.63) is 57.2 Å². The SMILES string of the molecule is O=C(c1cccc(Cl)c1)N1CCC(c2cccs2)C1. The number of benzene rings is 1. The van der Waals surface area contributed by atoms with E-state index in [1.165, 1.54) is 4.88 Å². The second kappa shape index (κ2) is 5.35. The summed E-state index contributed by atoms with van der Waals surface area (Å²) in [5.41, 5.74) is 0.680. The van der Waals surface area contributed by atoms with Gasteiger partial charge in [-0.1, -0.05) is 23.7 Å². The zero-order chi connectivity index (χ0) is 13.2. The van der Waals surface area contributed by atoms with E-state index in [-0.39, 0.29) is 5.91 Å². The molecule has 0 radical (unpaired) electrons. The minimum absolute atomic E-state index is 0.0848. The second-order valence-corrected chi connectivity index (χ2v) is 6.18. The highest BCUT2D eigenvalue weighted by atomic mass is 35.5. The highest BCUT2D eigenvalue weighted by Crippen LogP contribution is 2.31. The van der Waals surface area contributed by atoms with E-state index in [4.69, 9.17) is 11.6 Å². The number of carbonyl (C=O) groups is 1. The van der Waals surface area contributed by atoms with Gasteiger partial charge in [0.05, 0.1) is 0 Å². The largest absolute Gasteiger partial charge is 0.338 e. The molecule has 1 amide bonds. The maximum atomic E-state index is 12.4. The molecule has 1 saturated heterocycles. The van der Waals surface area contributed by atoms with Crippen molar-refractivity contribution in [2.24, 2.45) is 0 Å². The molecule has 1 aromatic carbocycles. The molecule has 0 saturated carbocycles. The molecule has 2 heterocycles. The van der Waals surface area contributed by atoms with Gasteiger partial charge in [-0.3, -0.25) is 4.79 Å². The van der Waals surface area contributed by atoms with Gasteiger partial charge in [0.15, 0.2) is 0 Å².